The standard InChI is InChI=1S/C27H50N2O5/c1-7-9-10-11-12-13-14-15-16-17-18-19-20-22-33-26(31)24(4)28(5)25(30)23(3)29(6)27(32)34-21-8-2/h8,23-24H,2,7,9-22H2,1,3-6H3. The highest BCUT2D eigenvalue weighted by Gasteiger charge is 2.31. The van der Waals surface area contributed by atoms with Crippen LogP contribution >= 0.6 is 0 Å². The highest BCUT2D eigenvalue weighted by atomic mass is 16.6. The first kappa shape index (κ1) is 31.9. The Morgan fingerprint density at radius 2 is 1.21 bits per heavy atom. The molecule has 0 fully saturated rings. The maximum Gasteiger partial charge on any atom is 0.410 e. The van der Waals surface area contributed by atoms with Crippen LogP contribution in [0, 0.1) is 0 Å². The minimum absolute atomic E-state index is 0.0713. The zero-order valence-electron chi connectivity index (χ0n) is 22.5. The number of nitrogens with zero attached hydrogens (tertiary/aromatic N) is 2. The molecule has 0 aromatic carbocycles. The molecule has 2 atom stereocenters. The minimum atomic E-state index is -0.765. The van der Waals surface area contributed by atoms with Crippen molar-refractivity contribution in [3.8, 4) is 0 Å². The zero-order chi connectivity index (χ0) is 25.8. The zero-order valence-corrected chi connectivity index (χ0v) is 22.5. The Kier molecular flexibility index (Phi) is 19.1. The van der Waals surface area contributed by atoms with Crippen LogP contribution in [0.15, 0.2) is 12.7 Å². The van der Waals surface area contributed by atoms with Gasteiger partial charge in [0.25, 0.3) is 0 Å². The molecule has 0 N–H and O–H groups in total. The fourth-order valence-electron chi connectivity index (χ4n) is 3.61. The van der Waals surface area contributed by atoms with E-state index in [1.807, 2.05) is 0 Å². The van der Waals surface area contributed by atoms with Crippen molar-refractivity contribution in [1.29, 1.82) is 0 Å². The molecule has 0 aliphatic heterocycles. The Balaban J connectivity index is 3.94. The number of rotatable bonds is 20. The number of carbonyl (C=O) groups excluding carboxylic acids is 3. The van der Waals surface area contributed by atoms with Crippen LogP contribution in [-0.2, 0) is 19.1 Å². The minimum Gasteiger partial charge on any atom is -0.464 e. The lowest BCUT2D eigenvalue weighted by Crippen LogP contribution is -2.51. The SMILES string of the molecule is C=CCOC(=O)N(C)C(C)C(=O)N(C)C(C)C(=O)OCCCCCCCCCCCCCCC. The van der Waals surface area contributed by atoms with Crippen LogP contribution in [0.3, 0.4) is 0 Å². The second-order valence-corrected chi connectivity index (χ2v) is 9.19. The first-order valence-electron chi connectivity index (χ1n) is 13.2. The molecule has 0 saturated heterocycles. The monoisotopic (exact) mass is 482 g/mol. The summed E-state index contributed by atoms with van der Waals surface area (Å²) in [7, 11) is 3.03. The number of esters is 1. The largest absolute Gasteiger partial charge is 0.464 e. The van der Waals surface area contributed by atoms with Gasteiger partial charge in [-0.15, -0.1) is 0 Å². The van der Waals surface area contributed by atoms with Crippen molar-refractivity contribution in [2.75, 3.05) is 27.3 Å². The Labute approximate surface area is 208 Å². The number of amides is 2. The normalized spacial score (nSPS) is 12.5. The average Bonchev–Trinajstić information content (AvgIpc) is 2.84. The highest BCUT2D eigenvalue weighted by molar-refractivity contribution is 5.89. The predicted octanol–water partition coefficient (Wildman–Crippen LogP) is 6.11. The van der Waals surface area contributed by atoms with Crippen molar-refractivity contribution in [1.82, 2.24) is 9.80 Å². The maximum atomic E-state index is 12.7. The number of hydrogen-bond donors (Lipinski definition) is 0. The molecule has 0 aromatic heterocycles. The average molecular weight is 483 g/mol. The molecule has 0 spiro atoms. The van der Waals surface area contributed by atoms with Crippen molar-refractivity contribution in [3.05, 3.63) is 12.7 Å². The van der Waals surface area contributed by atoms with Crippen LogP contribution in [-0.4, -0.2) is 67.2 Å². The summed E-state index contributed by atoms with van der Waals surface area (Å²) < 4.78 is 10.3. The molecule has 0 aliphatic carbocycles. The lowest BCUT2D eigenvalue weighted by atomic mass is 10.0. The summed E-state index contributed by atoms with van der Waals surface area (Å²) >= 11 is 0. The van der Waals surface area contributed by atoms with E-state index in [0.29, 0.717) is 6.61 Å². The van der Waals surface area contributed by atoms with E-state index in [1.54, 1.807) is 20.9 Å². The molecule has 0 aromatic rings. The van der Waals surface area contributed by atoms with Gasteiger partial charge in [0.15, 0.2) is 0 Å². The van der Waals surface area contributed by atoms with E-state index in [-0.39, 0.29) is 12.5 Å². The van der Waals surface area contributed by atoms with Crippen molar-refractivity contribution < 1.29 is 23.9 Å². The summed E-state index contributed by atoms with van der Waals surface area (Å²) in [6.07, 6.45) is 17.3. The van der Waals surface area contributed by atoms with E-state index in [1.165, 1.54) is 87.1 Å². The summed E-state index contributed by atoms with van der Waals surface area (Å²) in [5.41, 5.74) is 0. The third-order valence-corrected chi connectivity index (χ3v) is 6.31. The van der Waals surface area contributed by atoms with Crippen molar-refractivity contribution in [2.45, 2.75) is 116 Å². The molecule has 0 aliphatic rings. The Bertz CT molecular complexity index is 581. The molecule has 0 radical (unpaired) electrons. The van der Waals surface area contributed by atoms with Crippen LogP contribution in [0.25, 0.3) is 0 Å². The third kappa shape index (κ3) is 14.3. The van der Waals surface area contributed by atoms with Gasteiger partial charge in [-0.2, -0.15) is 0 Å². The summed E-state index contributed by atoms with van der Waals surface area (Å²) in [4.78, 5) is 39.4. The smallest absolute Gasteiger partial charge is 0.410 e. The molecular formula is C27H50N2O5. The molecule has 0 saturated carbocycles. The number of hydrogen-bond acceptors (Lipinski definition) is 5. The second-order valence-electron chi connectivity index (χ2n) is 9.19. The Morgan fingerprint density at radius 1 is 0.735 bits per heavy atom. The van der Waals surface area contributed by atoms with Gasteiger partial charge >= 0.3 is 12.1 Å². The fourth-order valence-corrected chi connectivity index (χ4v) is 3.61. The first-order valence-corrected chi connectivity index (χ1v) is 13.2. The molecule has 198 valence electrons. The quantitative estimate of drug-likeness (QED) is 0.119. The number of carbonyl (C=O) groups is 3. The van der Waals surface area contributed by atoms with Crippen LogP contribution in [0.1, 0.15) is 104 Å². The van der Waals surface area contributed by atoms with E-state index in [9.17, 15) is 14.4 Å². The van der Waals surface area contributed by atoms with Gasteiger partial charge in [-0.1, -0.05) is 96.6 Å². The summed E-state index contributed by atoms with van der Waals surface area (Å²) in [6.45, 7) is 9.41. The van der Waals surface area contributed by atoms with Gasteiger partial charge < -0.3 is 14.4 Å². The molecule has 0 bridgehead atoms. The topological polar surface area (TPSA) is 76.2 Å². The number of unbranched alkanes of at least 4 members (excludes halogenated alkanes) is 12. The second kappa shape index (κ2) is 20.3. The Hall–Kier alpha value is -2.05. The number of ether oxygens (including phenoxy) is 2. The molecule has 34 heavy (non-hydrogen) atoms. The molecular weight excluding hydrogens is 432 g/mol. The van der Waals surface area contributed by atoms with Crippen LogP contribution in [0.4, 0.5) is 4.79 Å². The third-order valence-electron chi connectivity index (χ3n) is 6.31. The van der Waals surface area contributed by atoms with Gasteiger partial charge in [-0.25, -0.2) is 9.59 Å². The molecule has 2 unspecified atom stereocenters. The van der Waals surface area contributed by atoms with Crippen LogP contribution in [0.5, 0.6) is 0 Å². The highest BCUT2D eigenvalue weighted by Crippen LogP contribution is 2.13. The van der Waals surface area contributed by atoms with Gasteiger partial charge in [0.1, 0.15) is 18.7 Å². The lowest BCUT2D eigenvalue weighted by Gasteiger charge is -2.30. The van der Waals surface area contributed by atoms with Crippen molar-refractivity contribution in [2.24, 2.45) is 0 Å². The van der Waals surface area contributed by atoms with Crippen LogP contribution < -0.4 is 0 Å². The maximum absolute atomic E-state index is 12.7. The molecule has 0 rings (SSSR count). The van der Waals surface area contributed by atoms with Crippen molar-refractivity contribution >= 4 is 18.0 Å². The van der Waals surface area contributed by atoms with E-state index in [2.05, 4.69) is 13.5 Å². The van der Waals surface area contributed by atoms with E-state index < -0.39 is 24.1 Å². The Morgan fingerprint density at radius 3 is 1.68 bits per heavy atom. The predicted molar refractivity (Wildman–Crippen MR) is 138 cm³/mol. The van der Waals surface area contributed by atoms with Crippen LogP contribution in [0.2, 0.25) is 0 Å². The van der Waals surface area contributed by atoms with E-state index >= 15 is 0 Å². The molecule has 0 heterocycles. The molecule has 2 amide bonds. The number of likely N-dealkylation sites (N-methyl/N-ethyl adjacent to an activating group) is 2. The summed E-state index contributed by atoms with van der Waals surface area (Å²) in [5.74, 6) is -0.790. The summed E-state index contributed by atoms with van der Waals surface area (Å²) in [6, 6.07) is -1.49. The van der Waals surface area contributed by atoms with Gasteiger partial charge in [-0.3, -0.25) is 9.69 Å². The van der Waals surface area contributed by atoms with Gasteiger partial charge in [-0.05, 0) is 20.3 Å². The lowest BCUT2D eigenvalue weighted by molar-refractivity contribution is -0.154. The van der Waals surface area contributed by atoms with Gasteiger partial charge in [0, 0.05) is 14.1 Å². The van der Waals surface area contributed by atoms with Gasteiger partial charge in [0.2, 0.25) is 5.91 Å². The van der Waals surface area contributed by atoms with Gasteiger partial charge in [0.05, 0.1) is 6.61 Å². The van der Waals surface area contributed by atoms with Crippen molar-refractivity contribution in [3.63, 3.8) is 0 Å². The fraction of sp³-hybridized carbons (Fsp3) is 0.815. The molecule has 7 heteroatoms. The van der Waals surface area contributed by atoms with E-state index in [0.717, 1.165) is 19.3 Å². The summed E-state index contributed by atoms with van der Waals surface area (Å²) in [5, 5.41) is 0. The van der Waals surface area contributed by atoms with E-state index in [4.69, 9.17) is 9.47 Å². The molecule has 7 nitrogen and oxygen atoms in total. The first-order chi connectivity index (χ1) is 16.3.